The second kappa shape index (κ2) is 6.73. The van der Waals surface area contributed by atoms with Gasteiger partial charge in [0.15, 0.2) is 0 Å². The molecule has 0 aliphatic carbocycles. The molecule has 2 amide bonds. The molecule has 0 saturated carbocycles. The van der Waals surface area contributed by atoms with E-state index in [-0.39, 0.29) is 17.9 Å². The fourth-order valence-electron chi connectivity index (χ4n) is 3.24. The van der Waals surface area contributed by atoms with E-state index in [1.807, 2.05) is 25.1 Å². The number of fused-ring (bicyclic) bond motifs is 1. The van der Waals surface area contributed by atoms with Crippen molar-refractivity contribution in [1.29, 1.82) is 0 Å². The molecule has 1 atom stereocenters. The number of benzene rings is 1. The van der Waals surface area contributed by atoms with Crippen LogP contribution in [0.2, 0.25) is 0 Å². The monoisotopic (exact) mass is 316 g/mol. The number of nitrogens with zero attached hydrogens (tertiary/aromatic N) is 2. The van der Waals surface area contributed by atoms with Gasteiger partial charge in [-0.1, -0.05) is 31.5 Å². The van der Waals surface area contributed by atoms with E-state index in [2.05, 4.69) is 13.0 Å². The predicted octanol–water partition coefficient (Wildman–Crippen LogP) is 3.25. The van der Waals surface area contributed by atoms with Gasteiger partial charge in [0.05, 0.1) is 0 Å². The number of hydrogen-bond donors (Lipinski definition) is 0. The van der Waals surface area contributed by atoms with Crippen LogP contribution in [0.15, 0.2) is 24.3 Å². The zero-order chi connectivity index (χ0) is 17.2. The molecule has 0 spiro atoms. The summed E-state index contributed by atoms with van der Waals surface area (Å²) in [6.07, 6.45) is 2.83. The SMILES string of the molecule is CCCCN(C)C(=O)C(C)(C)C(=O)N1c2ccccc2CC1C. The van der Waals surface area contributed by atoms with Crippen molar-refractivity contribution >= 4 is 17.5 Å². The Kier molecular flexibility index (Phi) is 5.12. The van der Waals surface area contributed by atoms with Gasteiger partial charge in [0.1, 0.15) is 5.41 Å². The molecule has 1 aromatic rings. The molecule has 0 saturated heterocycles. The summed E-state index contributed by atoms with van der Waals surface area (Å²) < 4.78 is 0. The van der Waals surface area contributed by atoms with Crippen molar-refractivity contribution in [1.82, 2.24) is 4.90 Å². The minimum atomic E-state index is -1.05. The average Bonchev–Trinajstić information content (AvgIpc) is 2.86. The first kappa shape index (κ1) is 17.5. The Bertz CT molecular complexity index is 595. The quantitative estimate of drug-likeness (QED) is 0.782. The highest BCUT2D eigenvalue weighted by atomic mass is 16.2. The maximum atomic E-state index is 13.1. The molecule has 1 heterocycles. The molecular formula is C19H28N2O2. The second-order valence-electron chi connectivity index (χ2n) is 7.06. The number of para-hydroxylation sites is 1. The molecule has 4 heteroatoms. The van der Waals surface area contributed by atoms with E-state index in [4.69, 9.17) is 0 Å². The lowest BCUT2D eigenvalue weighted by Gasteiger charge is -2.34. The molecule has 1 aliphatic rings. The van der Waals surface area contributed by atoms with Crippen LogP contribution >= 0.6 is 0 Å². The minimum absolute atomic E-state index is 0.0907. The van der Waals surface area contributed by atoms with Crippen LogP contribution in [-0.4, -0.2) is 36.3 Å². The summed E-state index contributed by atoms with van der Waals surface area (Å²) in [5, 5.41) is 0. The van der Waals surface area contributed by atoms with Gasteiger partial charge in [-0.3, -0.25) is 9.59 Å². The van der Waals surface area contributed by atoms with E-state index in [0.717, 1.165) is 24.9 Å². The largest absolute Gasteiger partial charge is 0.345 e. The van der Waals surface area contributed by atoms with E-state index in [1.54, 1.807) is 30.7 Å². The van der Waals surface area contributed by atoms with Crippen molar-refractivity contribution in [3.63, 3.8) is 0 Å². The van der Waals surface area contributed by atoms with E-state index in [1.165, 1.54) is 5.56 Å². The van der Waals surface area contributed by atoms with Gasteiger partial charge < -0.3 is 9.80 Å². The van der Waals surface area contributed by atoms with Gasteiger partial charge in [-0.05, 0) is 45.2 Å². The Morgan fingerprint density at radius 2 is 1.96 bits per heavy atom. The van der Waals surface area contributed by atoms with Gasteiger partial charge >= 0.3 is 0 Å². The number of carbonyl (C=O) groups excluding carboxylic acids is 2. The summed E-state index contributed by atoms with van der Waals surface area (Å²) in [5.41, 5.74) is 1.08. The van der Waals surface area contributed by atoms with Gasteiger partial charge in [0.2, 0.25) is 11.8 Å². The van der Waals surface area contributed by atoms with Crippen LogP contribution in [0.5, 0.6) is 0 Å². The molecule has 4 nitrogen and oxygen atoms in total. The highest BCUT2D eigenvalue weighted by Crippen LogP contribution is 2.35. The van der Waals surface area contributed by atoms with Gasteiger partial charge in [0.25, 0.3) is 0 Å². The summed E-state index contributed by atoms with van der Waals surface area (Å²) in [6.45, 7) is 8.32. The van der Waals surface area contributed by atoms with Gasteiger partial charge in [-0.15, -0.1) is 0 Å². The maximum Gasteiger partial charge on any atom is 0.242 e. The Balaban J connectivity index is 2.23. The molecule has 1 aromatic carbocycles. The maximum absolute atomic E-state index is 13.1. The molecule has 0 fully saturated rings. The van der Waals surface area contributed by atoms with Crippen molar-refractivity contribution in [3.8, 4) is 0 Å². The van der Waals surface area contributed by atoms with E-state index < -0.39 is 5.41 Å². The smallest absolute Gasteiger partial charge is 0.242 e. The normalized spacial score (nSPS) is 17.1. The third kappa shape index (κ3) is 3.26. The van der Waals surface area contributed by atoms with E-state index >= 15 is 0 Å². The fraction of sp³-hybridized carbons (Fsp3) is 0.579. The summed E-state index contributed by atoms with van der Waals surface area (Å²) >= 11 is 0. The number of carbonyl (C=O) groups is 2. The van der Waals surface area contributed by atoms with Crippen LogP contribution in [-0.2, 0) is 16.0 Å². The van der Waals surface area contributed by atoms with Crippen molar-refractivity contribution in [2.45, 2.75) is 53.0 Å². The summed E-state index contributed by atoms with van der Waals surface area (Å²) in [6, 6.07) is 8.06. The molecule has 0 bridgehead atoms. The van der Waals surface area contributed by atoms with Crippen LogP contribution in [0.25, 0.3) is 0 Å². The number of anilines is 1. The van der Waals surface area contributed by atoms with Gasteiger partial charge in [0, 0.05) is 25.3 Å². The first-order valence-corrected chi connectivity index (χ1v) is 8.47. The number of unbranched alkanes of at least 4 members (excludes halogenated alkanes) is 1. The molecule has 0 aromatic heterocycles. The van der Waals surface area contributed by atoms with Gasteiger partial charge in [-0.25, -0.2) is 0 Å². The summed E-state index contributed by atoms with van der Waals surface area (Å²) in [5.74, 6) is -0.212. The third-order valence-electron chi connectivity index (χ3n) is 4.69. The fourth-order valence-corrected chi connectivity index (χ4v) is 3.24. The molecule has 1 aliphatic heterocycles. The molecule has 23 heavy (non-hydrogen) atoms. The first-order valence-electron chi connectivity index (χ1n) is 8.47. The number of hydrogen-bond acceptors (Lipinski definition) is 2. The average molecular weight is 316 g/mol. The molecular weight excluding hydrogens is 288 g/mol. The van der Waals surface area contributed by atoms with Crippen LogP contribution in [0.1, 0.15) is 46.1 Å². The van der Waals surface area contributed by atoms with Crippen LogP contribution in [0.4, 0.5) is 5.69 Å². The lowest BCUT2D eigenvalue weighted by Crippen LogP contribution is -2.51. The Morgan fingerprint density at radius 1 is 1.30 bits per heavy atom. The zero-order valence-corrected chi connectivity index (χ0v) is 14.9. The standard InChI is InChI=1S/C19H28N2O2/c1-6-7-12-20(5)17(22)19(3,4)18(23)21-14(2)13-15-10-8-9-11-16(15)21/h8-11,14H,6-7,12-13H2,1-5H3. The Labute approximate surface area is 139 Å². The first-order chi connectivity index (χ1) is 10.8. The van der Waals surface area contributed by atoms with Crippen molar-refractivity contribution in [2.24, 2.45) is 5.41 Å². The summed E-state index contributed by atoms with van der Waals surface area (Å²) in [7, 11) is 1.79. The number of amides is 2. The summed E-state index contributed by atoms with van der Waals surface area (Å²) in [4.78, 5) is 29.4. The number of rotatable bonds is 5. The second-order valence-corrected chi connectivity index (χ2v) is 7.06. The Hall–Kier alpha value is -1.84. The predicted molar refractivity (Wildman–Crippen MR) is 93.4 cm³/mol. The topological polar surface area (TPSA) is 40.6 Å². The van der Waals surface area contributed by atoms with Crippen LogP contribution in [0.3, 0.4) is 0 Å². The lowest BCUT2D eigenvalue weighted by atomic mass is 9.89. The van der Waals surface area contributed by atoms with Crippen molar-refractivity contribution < 1.29 is 9.59 Å². The van der Waals surface area contributed by atoms with Crippen molar-refractivity contribution in [2.75, 3.05) is 18.5 Å². The molecule has 0 N–H and O–H groups in total. The zero-order valence-electron chi connectivity index (χ0n) is 14.9. The van der Waals surface area contributed by atoms with Crippen molar-refractivity contribution in [3.05, 3.63) is 29.8 Å². The van der Waals surface area contributed by atoms with Gasteiger partial charge in [-0.2, -0.15) is 0 Å². The molecule has 1 unspecified atom stereocenters. The minimum Gasteiger partial charge on any atom is -0.345 e. The highest BCUT2D eigenvalue weighted by molar-refractivity contribution is 6.12. The molecule has 2 rings (SSSR count). The molecule has 0 radical (unpaired) electrons. The van der Waals surface area contributed by atoms with E-state index in [0.29, 0.717) is 6.54 Å². The van der Waals surface area contributed by atoms with Crippen LogP contribution in [0, 0.1) is 5.41 Å². The van der Waals surface area contributed by atoms with E-state index in [9.17, 15) is 9.59 Å². The highest BCUT2D eigenvalue weighted by Gasteiger charge is 2.44. The molecule has 126 valence electrons. The van der Waals surface area contributed by atoms with Crippen LogP contribution < -0.4 is 4.90 Å². The third-order valence-corrected chi connectivity index (χ3v) is 4.69. The lowest BCUT2D eigenvalue weighted by molar-refractivity contribution is -0.146. The Morgan fingerprint density at radius 3 is 2.61 bits per heavy atom.